The minimum atomic E-state index is -4.79. The highest BCUT2D eigenvalue weighted by Gasteiger charge is 2.33. The van der Waals surface area contributed by atoms with Gasteiger partial charge in [-0.2, -0.15) is 13.2 Å². The Morgan fingerprint density at radius 2 is 2.05 bits per heavy atom. The van der Waals surface area contributed by atoms with E-state index in [-0.39, 0.29) is 13.0 Å². The van der Waals surface area contributed by atoms with Crippen molar-refractivity contribution in [2.75, 3.05) is 6.54 Å². The summed E-state index contributed by atoms with van der Waals surface area (Å²) < 4.78 is 38.1. The van der Waals surface area contributed by atoms with E-state index in [2.05, 4.69) is 5.32 Å². The average molecular weight is 320 g/mol. The van der Waals surface area contributed by atoms with Crippen molar-refractivity contribution >= 4 is 11.6 Å². The summed E-state index contributed by atoms with van der Waals surface area (Å²) in [6.45, 7) is 1.79. The summed E-state index contributed by atoms with van der Waals surface area (Å²) in [5.74, 6) is -0.863. The van der Waals surface area contributed by atoms with Crippen molar-refractivity contribution in [3.63, 3.8) is 0 Å². The molecular formula is C13H15F3N2O4. The average Bonchev–Trinajstić information content (AvgIpc) is 2.45. The summed E-state index contributed by atoms with van der Waals surface area (Å²) in [6, 6.07) is 1.71. The zero-order chi connectivity index (χ0) is 16.9. The Hall–Kier alpha value is -2.16. The number of nitro benzene ring substituents is 1. The second kappa shape index (κ2) is 7.21. The van der Waals surface area contributed by atoms with Gasteiger partial charge in [-0.05, 0) is 18.9 Å². The number of aliphatic hydroxyl groups excluding tert-OH is 1. The Kier molecular flexibility index (Phi) is 5.86. The lowest BCUT2D eigenvalue weighted by atomic mass is 10.1. The van der Waals surface area contributed by atoms with Crippen molar-refractivity contribution in [3.05, 3.63) is 39.4 Å². The number of amides is 1. The molecule has 9 heteroatoms. The second-order valence-electron chi connectivity index (χ2n) is 4.63. The third-order valence-corrected chi connectivity index (χ3v) is 2.95. The third-order valence-electron chi connectivity index (χ3n) is 2.95. The topological polar surface area (TPSA) is 92.5 Å². The molecule has 1 atom stereocenters. The van der Waals surface area contributed by atoms with E-state index in [0.717, 1.165) is 6.07 Å². The smallest absolute Gasteiger partial charge is 0.393 e. The lowest BCUT2D eigenvalue weighted by Gasteiger charge is -2.11. The lowest BCUT2D eigenvalue weighted by molar-refractivity contribution is -0.385. The van der Waals surface area contributed by atoms with Crippen LogP contribution >= 0.6 is 0 Å². The van der Waals surface area contributed by atoms with Gasteiger partial charge in [0.05, 0.1) is 16.6 Å². The van der Waals surface area contributed by atoms with Crippen LogP contribution < -0.4 is 5.32 Å². The van der Waals surface area contributed by atoms with Gasteiger partial charge in [0.1, 0.15) is 0 Å². The number of hydrogen-bond acceptors (Lipinski definition) is 4. The van der Waals surface area contributed by atoms with Crippen LogP contribution in [0.25, 0.3) is 0 Å². The standard InChI is InChI=1S/C13H15F3N2O4/c1-2-11(19)3-4-17-12(20)8-5-9(13(14,15)16)7-10(6-8)18(21)22/h5-7,11,19H,2-4H2,1H3,(H,17,20). The SMILES string of the molecule is CCC(O)CCNC(=O)c1cc([N+](=O)[O-])cc(C(F)(F)F)c1. The number of carbonyl (C=O) groups is 1. The predicted octanol–water partition coefficient (Wildman–Crippen LogP) is 2.50. The van der Waals surface area contributed by atoms with Gasteiger partial charge in [-0.15, -0.1) is 0 Å². The molecule has 1 aromatic carbocycles. The summed E-state index contributed by atoms with van der Waals surface area (Å²) in [7, 11) is 0. The highest BCUT2D eigenvalue weighted by Crippen LogP contribution is 2.32. The van der Waals surface area contributed by atoms with E-state index in [1.165, 1.54) is 0 Å². The van der Waals surface area contributed by atoms with Crippen LogP contribution in [0.4, 0.5) is 18.9 Å². The molecule has 1 amide bonds. The van der Waals surface area contributed by atoms with Gasteiger partial charge in [0.25, 0.3) is 11.6 Å². The van der Waals surface area contributed by atoms with Crippen LogP contribution in [0.2, 0.25) is 0 Å². The van der Waals surface area contributed by atoms with Crippen LogP contribution in [0, 0.1) is 10.1 Å². The van der Waals surface area contributed by atoms with Gasteiger partial charge in [0, 0.05) is 24.2 Å². The highest BCUT2D eigenvalue weighted by atomic mass is 19.4. The Balaban J connectivity index is 2.95. The van der Waals surface area contributed by atoms with Crippen molar-refractivity contribution < 1.29 is 28.0 Å². The van der Waals surface area contributed by atoms with Crippen LogP contribution in [-0.2, 0) is 6.18 Å². The number of nitrogens with zero attached hydrogens (tertiary/aromatic N) is 1. The molecule has 0 bridgehead atoms. The molecule has 0 saturated heterocycles. The molecule has 6 nitrogen and oxygen atoms in total. The molecule has 2 N–H and O–H groups in total. The number of nitrogens with one attached hydrogen (secondary N) is 1. The van der Waals surface area contributed by atoms with Gasteiger partial charge >= 0.3 is 6.18 Å². The Bertz CT molecular complexity index is 561. The van der Waals surface area contributed by atoms with E-state index in [1.807, 2.05) is 0 Å². The van der Waals surface area contributed by atoms with Crippen LogP contribution in [0.3, 0.4) is 0 Å². The fourth-order valence-corrected chi connectivity index (χ4v) is 1.67. The molecule has 1 aromatic rings. The van der Waals surface area contributed by atoms with Gasteiger partial charge < -0.3 is 10.4 Å². The first kappa shape index (κ1) is 17.9. The first-order chi connectivity index (χ1) is 10.1. The Morgan fingerprint density at radius 1 is 1.41 bits per heavy atom. The molecule has 22 heavy (non-hydrogen) atoms. The maximum atomic E-state index is 12.7. The number of nitro groups is 1. The van der Waals surface area contributed by atoms with Crippen molar-refractivity contribution in [2.45, 2.75) is 32.0 Å². The van der Waals surface area contributed by atoms with Gasteiger partial charge in [-0.1, -0.05) is 6.92 Å². The van der Waals surface area contributed by atoms with E-state index in [4.69, 9.17) is 0 Å². The molecule has 0 saturated carbocycles. The molecule has 0 heterocycles. The van der Waals surface area contributed by atoms with Crippen molar-refractivity contribution in [1.29, 1.82) is 0 Å². The molecular weight excluding hydrogens is 305 g/mol. The van der Waals surface area contributed by atoms with Crippen LogP contribution in [0.15, 0.2) is 18.2 Å². The van der Waals surface area contributed by atoms with E-state index in [0.29, 0.717) is 18.6 Å². The van der Waals surface area contributed by atoms with Crippen LogP contribution in [0.5, 0.6) is 0 Å². The van der Waals surface area contributed by atoms with E-state index >= 15 is 0 Å². The number of benzene rings is 1. The van der Waals surface area contributed by atoms with Crippen LogP contribution in [-0.4, -0.2) is 28.6 Å². The molecule has 0 aliphatic heterocycles. The number of hydrogen-bond donors (Lipinski definition) is 2. The molecule has 1 rings (SSSR count). The molecule has 0 spiro atoms. The zero-order valence-electron chi connectivity index (χ0n) is 11.7. The van der Waals surface area contributed by atoms with Gasteiger partial charge in [-0.3, -0.25) is 14.9 Å². The minimum absolute atomic E-state index is 0.0535. The van der Waals surface area contributed by atoms with E-state index in [9.17, 15) is 33.2 Å². The van der Waals surface area contributed by atoms with Gasteiger partial charge in [-0.25, -0.2) is 0 Å². The molecule has 0 fully saturated rings. The Morgan fingerprint density at radius 3 is 2.55 bits per heavy atom. The second-order valence-corrected chi connectivity index (χ2v) is 4.63. The number of halogens is 3. The largest absolute Gasteiger partial charge is 0.416 e. The maximum Gasteiger partial charge on any atom is 0.416 e. The fraction of sp³-hybridized carbons (Fsp3) is 0.462. The zero-order valence-corrected chi connectivity index (χ0v) is 11.7. The molecule has 122 valence electrons. The first-order valence-corrected chi connectivity index (χ1v) is 6.48. The summed E-state index contributed by atoms with van der Waals surface area (Å²) in [5.41, 5.74) is -2.53. The number of carbonyl (C=O) groups excluding carboxylic acids is 1. The van der Waals surface area contributed by atoms with Crippen molar-refractivity contribution in [2.24, 2.45) is 0 Å². The number of alkyl halides is 3. The summed E-state index contributed by atoms with van der Waals surface area (Å²) in [6.07, 6.45) is -4.70. The molecule has 0 aliphatic carbocycles. The van der Waals surface area contributed by atoms with E-state index in [1.54, 1.807) is 6.92 Å². The highest BCUT2D eigenvalue weighted by molar-refractivity contribution is 5.95. The molecule has 0 aromatic heterocycles. The molecule has 1 unspecified atom stereocenters. The van der Waals surface area contributed by atoms with Crippen LogP contribution in [0.1, 0.15) is 35.7 Å². The molecule has 0 radical (unpaired) electrons. The van der Waals surface area contributed by atoms with Gasteiger partial charge in [0.15, 0.2) is 0 Å². The van der Waals surface area contributed by atoms with E-state index < -0.39 is 39.9 Å². The first-order valence-electron chi connectivity index (χ1n) is 6.48. The monoisotopic (exact) mass is 320 g/mol. The van der Waals surface area contributed by atoms with Gasteiger partial charge in [0.2, 0.25) is 0 Å². The summed E-state index contributed by atoms with van der Waals surface area (Å²) >= 11 is 0. The lowest BCUT2D eigenvalue weighted by Crippen LogP contribution is -2.27. The number of non-ortho nitro benzene ring substituents is 1. The quantitative estimate of drug-likeness (QED) is 0.622. The fourth-order valence-electron chi connectivity index (χ4n) is 1.67. The van der Waals surface area contributed by atoms with Crippen molar-refractivity contribution in [1.82, 2.24) is 5.32 Å². The molecule has 0 aliphatic rings. The number of rotatable bonds is 6. The number of aliphatic hydroxyl groups is 1. The Labute approximate surface area is 124 Å². The predicted molar refractivity (Wildman–Crippen MR) is 71.3 cm³/mol. The summed E-state index contributed by atoms with van der Waals surface area (Å²) in [5, 5.41) is 22.3. The summed E-state index contributed by atoms with van der Waals surface area (Å²) in [4.78, 5) is 21.5. The minimum Gasteiger partial charge on any atom is -0.393 e. The third kappa shape index (κ3) is 4.99. The maximum absolute atomic E-state index is 12.7. The normalized spacial score (nSPS) is 12.8. The van der Waals surface area contributed by atoms with Crippen molar-refractivity contribution in [3.8, 4) is 0 Å².